The van der Waals surface area contributed by atoms with Gasteiger partial charge >= 0.3 is 0 Å². The lowest BCUT2D eigenvalue weighted by Crippen LogP contribution is -2.44. The molecular weight excluding hydrogens is 310 g/mol. The summed E-state index contributed by atoms with van der Waals surface area (Å²) in [6, 6.07) is 6.18. The highest BCUT2D eigenvalue weighted by Gasteiger charge is 2.28. The van der Waals surface area contributed by atoms with Crippen LogP contribution in [0.15, 0.2) is 23.1 Å². The third-order valence-electron chi connectivity index (χ3n) is 4.94. The van der Waals surface area contributed by atoms with E-state index in [1.807, 2.05) is 18.2 Å². The quantitative estimate of drug-likeness (QED) is 0.856. The largest absolute Gasteiger partial charge is 0.486 e. The minimum absolute atomic E-state index is 0.121. The van der Waals surface area contributed by atoms with Crippen molar-refractivity contribution in [2.45, 2.75) is 44.0 Å². The van der Waals surface area contributed by atoms with Gasteiger partial charge in [0.25, 0.3) is 0 Å². The second-order valence-corrected chi connectivity index (χ2v) is 7.58. The van der Waals surface area contributed by atoms with E-state index in [0.29, 0.717) is 36.8 Å². The first-order chi connectivity index (χ1) is 11.1. The maximum absolute atomic E-state index is 12.2. The highest BCUT2D eigenvalue weighted by atomic mass is 32.2. The topological polar surface area (TPSA) is 47.6 Å². The fourth-order valence-corrected chi connectivity index (χ4v) is 4.03. The smallest absolute Gasteiger partial charge is 0.230 e. The van der Waals surface area contributed by atoms with Crippen molar-refractivity contribution in [2.75, 3.05) is 19.0 Å². The van der Waals surface area contributed by atoms with Gasteiger partial charge in [-0.3, -0.25) is 4.79 Å². The Labute approximate surface area is 142 Å². The van der Waals surface area contributed by atoms with Crippen LogP contribution in [0, 0.1) is 11.8 Å². The fraction of sp³-hybridized carbons (Fsp3) is 0.611. The number of nitrogens with one attached hydrogen (secondary N) is 1. The summed E-state index contributed by atoms with van der Waals surface area (Å²) in [5.74, 6) is 3.38. The summed E-state index contributed by atoms with van der Waals surface area (Å²) in [5.41, 5.74) is 0. The van der Waals surface area contributed by atoms with Crippen LogP contribution in [0.3, 0.4) is 0 Å². The molecule has 0 unspecified atom stereocenters. The zero-order valence-corrected chi connectivity index (χ0v) is 14.7. The van der Waals surface area contributed by atoms with Crippen molar-refractivity contribution in [1.82, 2.24) is 5.32 Å². The van der Waals surface area contributed by atoms with Gasteiger partial charge in [0, 0.05) is 10.9 Å². The van der Waals surface area contributed by atoms with E-state index < -0.39 is 0 Å². The van der Waals surface area contributed by atoms with Crippen LogP contribution in [0.5, 0.6) is 11.5 Å². The Bertz CT molecular complexity index is 563. The highest BCUT2D eigenvalue weighted by Crippen LogP contribution is 2.34. The van der Waals surface area contributed by atoms with Gasteiger partial charge in [-0.1, -0.05) is 26.7 Å². The molecule has 3 rings (SSSR count). The van der Waals surface area contributed by atoms with Crippen LogP contribution in [0.25, 0.3) is 0 Å². The van der Waals surface area contributed by atoms with Gasteiger partial charge in [-0.15, -0.1) is 11.8 Å². The van der Waals surface area contributed by atoms with Crippen LogP contribution in [-0.4, -0.2) is 30.9 Å². The molecule has 1 heterocycles. The summed E-state index contributed by atoms with van der Waals surface area (Å²) < 4.78 is 11.1. The van der Waals surface area contributed by atoms with E-state index in [2.05, 4.69) is 19.2 Å². The normalized spacial score (nSPS) is 26.6. The fourth-order valence-electron chi connectivity index (χ4n) is 3.30. The summed E-state index contributed by atoms with van der Waals surface area (Å²) in [6.45, 7) is 5.72. The molecule has 0 radical (unpaired) electrons. The number of fused-ring (bicyclic) bond motifs is 1. The van der Waals surface area contributed by atoms with Gasteiger partial charge in [-0.05, 0) is 36.5 Å². The second-order valence-electron chi connectivity index (χ2n) is 6.54. The lowest BCUT2D eigenvalue weighted by atomic mass is 9.78. The minimum Gasteiger partial charge on any atom is -0.486 e. The maximum atomic E-state index is 12.2. The van der Waals surface area contributed by atoms with Crippen LogP contribution in [0.1, 0.15) is 33.1 Å². The molecule has 126 valence electrons. The van der Waals surface area contributed by atoms with E-state index in [9.17, 15) is 4.79 Å². The SMILES string of the molecule is C[C@H]1[C@H](C)CCC[C@@H]1NC(=O)CSc1ccc2c(c1)OCCO2. The molecule has 1 aromatic rings. The monoisotopic (exact) mass is 335 g/mol. The van der Waals surface area contributed by atoms with Crippen LogP contribution in [0.2, 0.25) is 0 Å². The minimum atomic E-state index is 0.121. The molecule has 0 aromatic heterocycles. The van der Waals surface area contributed by atoms with Crippen molar-refractivity contribution >= 4 is 17.7 Å². The van der Waals surface area contributed by atoms with Crippen molar-refractivity contribution in [3.8, 4) is 11.5 Å². The van der Waals surface area contributed by atoms with Crippen molar-refractivity contribution in [3.63, 3.8) is 0 Å². The van der Waals surface area contributed by atoms with Crippen molar-refractivity contribution in [1.29, 1.82) is 0 Å². The number of carbonyl (C=O) groups excluding carboxylic acids is 1. The van der Waals surface area contributed by atoms with E-state index in [1.165, 1.54) is 12.8 Å². The van der Waals surface area contributed by atoms with Crippen LogP contribution in [-0.2, 0) is 4.79 Å². The molecule has 1 fully saturated rings. The second kappa shape index (κ2) is 7.47. The Balaban J connectivity index is 1.51. The third-order valence-corrected chi connectivity index (χ3v) is 5.93. The molecule has 3 atom stereocenters. The van der Waals surface area contributed by atoms with Gasteiger partial charge < -0.3 is 14.8 Å². The molecule has 1 N–H and O–H groups in total. The molecule has 1 aromatic carbocycles. The molecule has 23 heavy (non-hydrogen) atoms. The number of amides is 1. The predicted octanol–water partition coefficient (Wildman–Crippen LogP) is 3.49. The van der Waals surface area contributed by atoms with Crippen molar-refractivity contribution in [2.24, 2.45) is 11.8 Å². The summed E-state index contributed by atoms with van der Waals surface area (Å²) in [5, 5.41) is 3.22. The highest BCUT2D eigenvalue weighted by molar-refractivity contribution is 8.00. The van der Waals surface area contributed by atoms with Gasteiger partial charge in [0.05, 0.1) is 5.75 Å². The maximum Gasteiger partial charge on any atom is 0.230 e. The van der Waals surface area contributed by atoms with Crippen LogP contribution in [0.4, 0.5) is 0 Å². The van der Waals surface area contributed by atoms with Gasteiger partial charge in [0.2, 0.25) is 5.91 Å². The zero-order chi connectivity index (χ0) is 16.2. The molecule has 5 heteroatoms. The van der Waals surface area contributed by atoms with Gasteiger partial charge in [-0.25, -0.2) is 0 Å². The first-order valence-electron chi connectivity index (χ1n) is 8.45. The molecule has 0 bridgehead atoms. The Morgan fingerprint density at radius 3 is 2.83 bits per heavy atom. The Morgan fingerprint density at radius 1 is 1.22 bits per heavy atom. The standard InChI is InChI=1S/C18H25NO3S/c1-12-4-3-5-15(13(12)2)19-18(20)11-23-14-6-7-16-17(10-14)22-9-8-21-16/h6-7,10,12-13,15H,3-5,8-9,11H2,1-2H3,(H,19,20)/t12-,13+,15+/m1/s1. The van der Waals surface area contributed by atoms with Gasteiger partial charge in [-0.2, -0.15) is 0 Å². The summed E-state index contributed by atoms with van der Waals surface area (Å²) in [7, 11) is 0. The lowest BCUT2D eigenvalue weighted by molar-refractivity contribution is -0.119. The molecule has 1 amide bonds. The van der Waals surface area contributed by atoms with E-state index >= 15 is 0 Å². The average Bonchev–Trinajstić information content (AvgIpc) is 2.57. The van der Waals surface area contributed by atoms with Gasteiger partial charge in [0.15, 0.2) is 11.5 Å². The third kappa shape index (κ3) is 4.14. The number of benzene rings is 1. The summed E-state index contributed by atoms with van der Waals surface area (Å²) >= 11 is 1.54. The Hall–Kier alpha value is -1.36. The molecule has 1 aliphatic heterocycles. The Kier molecular flexibility index (Phi) is 5.36. The van der Waals surface area contributed by atoms with E-state index in [-0.39, 0.29) is 5.91 Å². The first kappa shape index (κ1) is 16.5. The van der Waals surface area contributed by atoms with E-state index in [0.717, 1.165) is 22.8 Å². The molecule has 2 aliphatic rings. The molecule has 4 nitrogen and oxygen atoms in total. The Morgan fingerprint density at radius 2 is 2.00 bits per heavy atom. The zero-order valence-electron chi connectivity index (χ0n) is 13.8. The predicted molar refractivity (Wildman–Crippen MR) is 92.3 cm³/mol. The molecule has 0 spiro atoms. The number of carbonyl (C=O) groups is 1. The molecule has 0 saturated heterocycles. The van der Waals surface area contributed by atoms with Gasteiger partial charge in [0.1, 0.15) is 13.2 Å². The number of rotatable bonds is 4. The number of hydrogen-bond acceptors (Lipinski definition) is 4. The number of ether oxygens (including phenoxy) is 2. The van der Waals surface area contributed by atoms with E-state index in [4.69, 9.17) is 9.47 Å². The van der Waals surface area contributed by atoms with Crippen LogP contribution < -0.4 is 14.8 Å². The lowest BCUT2D eigenvalue weighted by Gasteiger charge is -2.34. The van der Waals surface area contributed by atoms with Crippen molar-refractivity contribution in [3.05, 3.63) is 18.2 Å². The molecular formula is C18H25NO3S. The van der Waals surface area contributed by atoms with E-state index in [1.54, 1.807) is 11.8 Å². The number of hydrogen-bond donors (Lipinski definition) is 1. The average molecular weight is 335 g/mol. The molecule has 1 aliphatic carbocycles. The molecule has 1 saturated carbocycles. The summed E-state index contributed by atoms with van der Waals surface area (Å²) in [4.78, 5) is 13.3. The number of thioether (sulfide) groups is 1. The summed E-state index contributed by atoms with van der Waals surface area (Å²) in [6.07, 6.45) is 3.59. The first-order valence-corrected chi connectivity index (χ1v) is 9.44. The van der Waals surface area contributed by atoms with Crippen molar-refractivity contribution < 1.29 is 14.3 Å². The van der Waals surface area contributed by atoms with Crippen LogP contribution >= 0.6 is 11.8 Å².